The number of aromatic amines is 1. The Hall–Kier alpha value is -3.85. The number of rotatable bonds is 8. The first-order valence-corrected chi connectivity index (χ1v) is 10.4. The number of aromatic carboxylic acids is 1. The van der Waals surface area contributed by atoms with Crippen LogP contribution in [0.3, 0.4) is 0 Å². The van der Waals surface area contributed by atoms with Gasteiger partial charge in [0.05, 0.1) is 6.10 Å². The van der Waals surface area contributed by atoms with Crippen LogP contribution >= 0.6 is 0 Å². The predicted octanol–water partition coefficient (Wildman–Crippen LogP) is 3.48. The number of aromatic nitrogens is 6. The van der Waals surface area contributed by atoms with E-state index in [-0.39, 0.29) is 11.4 Å². The van der Waals surface area contributed by atoms with Gasteiger partial charge in [-0.2, -0.15) is 0 Å². The van der Waals surface area contributed by atoms with E-state index in [9.17, 15) is 15.0 Å². The number of hydrogen-bond donors (Lipinski definition) is 3. The predicted molar refractivity (Wildman–Crippen MR) is 118 cm³/mol. The van der Waals surface area contributed by atoms with Crippen LogP contribution in [-0.4, -0.2) is 46.4 Å². The highest BCUT2D eigenvalue weighted by Gasteiger charge is 2.25. The topological polar surface area (TPSA) is 130 Å². The second kappa shape index (κ2) is 9.11. The van der Waals surface area contributed by atoms with E-state index in [0.717, 1.165) is 28.7 Å². The Morgan fingerprint density at radius 3 is 2.44 bits per heavy atom. The van der Waals surface area contributed by atoms with Crippen LogP contribution in [0.25, 0.3) is 22.5 Å². The summed E-state index contributed by atoms with van der Waals surface area (Å²) in [6.07, 6.45) is 0.494. The van der Waals surface area contributed by atoms with Gasteiger partial charge in [0.25, 0.3) is 0 Å². The third-order valence-corrected chi connectivity index (χ3v) is 5.28. The number of aryl methyl sites for hydroxylation is 1. The molecule has 0 amide bonds. The maximum atomic E-state index is 12.0. The molecule has 0 saturated carbocycles. The highest BCUT2D eigenvalue weighted by Crippen LogP contribution is 2.30. The minimum Gasteiger partial charge on any atom is -0.477 e. The molecule has 0 saturated heterocycles. The molecule has 9 heteroatoms. The molecule has 0 aliphatic rings. The van der Waals surface area contributed by atoms with Gasteiger partial charge in [0.2, 0.25) is 0 Å². The maximum Gasteiger partial charge on any atom is 0.354 e. The number of nitrogens with one attached hydrogen (secondary N) is 1. The van der Waals surface area contributed by atoms with Gasteiger partial charge in [0.15, 0.2) is 11.5 Å². The lowest BCUT2D eigenvalue weighted by Gasteiger charge is -2.12. The van der Waals surface area contributed by atoms with Gasteiger partial charge in [0, 0.05) is 18.5 Å². The standard InChI is InChI=1S/C23H24N6O3/c1-3-6-19-24-20(14(2)30)21(23(31)32)29(19)13-15-9-11-16(12-10-15)17-7-4-5-8-18(17)22-25-27-28-26-22/h4-5,7-12,14,30H,3,6,13H2,1-2H3,(H,31,32)(H,25,26,27,28). The average molecular weight is 432 g/mol. The molecule has 164 valence electrons. The van der Waals surface area contributed by atoms with Crippen LogP contribution in [0.4, 0.5) is 0 Å². The molecule has 3 N–H and O–H groups in total. The molecular weight excluding hydrogens is 408 g/mol. The lowest BCUT2D eigenvalue weighted by atomic mass is 9.98. The molecule has 2 aromatic carbocycles. The Balaban J connectivity index is 1.68. The van der Waals surface area contributed by atoms with E-state index in [1.54, 1.807) is 4.57 Å². The van der Waals surface area contributed by atoms with Crippen LogP contribution in [0.2, 0.25) is 0 Å². The minimum atomic E-state index is -1.10. The van der Waals surface area contributed by atoms with Gasteiger partial charge in [0.1, 0.15) is 11.5 Å². The fourth-order valence-corrected chi connectivity index (χ4v) is 3.81. The molecule has 2 heterocycles. The molecule has 32 heavy (non-hydrogen) atoms. The number of H-pyrrole nitrogens is 1. The van der Waals surface area contributed by atoms with Gasteiger partial charge in [-0.3, -0.25) is 0 Å². The number of nitrogens with zero attached hydrogens (tertiary/aromatic N) is 5. The van der Waals surface area contributed by atoms with E-state index >= 15 is 0 Å². The van der Waals surface area contributed by atoms with Gasteiger partial charge in [-0.1, -0.05) is 55.5 Å². The van der Waals surface area contributed by atoms with Crippen molar-refractivity contribution < 1.29 is 15.0 Å². The van der Waals surface area contributed by atoms with Crippen molar-refractivity contribution in [3.63, 3.8) is 0 Å². The summed E-state index contributed by atoms with van der Waals surface area (Å²) in [4.78, 5) is 16.4. The molecule has 2 aromatic heterocycles. The molecular formula is C23H24N6O3. The third kappa shape index (κ3) is 4.15. The molecule has 9 nitrogen and oxygen atoms in total. The summed E-state index contributed by atoms with van der Waals surface area (Å²) in [6.45, 7) is 3.90. The second-order valence-electron chi connectivity index (χ2n) is 7.57. The van der Waals surface area contributed by atoms with Gasteiger partial charge < -0.3 is 14.8 Å². The zero-order valence-corrected chi connectivity index (χ0v) is 17.9. The van der Waals surface area contributed by atoms with Crippen LogP contribution in [-0.2, 0) is 13.0 Å². The molecule has 4 rings (SSSR count). The molecule has 1 atom stereocenters. The van der Waals surface area contributed by atoms with Crippen LogP contribution in [0.5, 0.6) is 0 Å². The van der Waals surface area contributed by atoms with Crippen LogP contribution in [0.15, 0.2) is 48.5 Å². The number of carboxylic acids is 1. The van der Waals surface area contributed by atoms with Crippen molar-refractivity contribution in [2.45, 2.75) is 39.3 Å². The summed E-state index contributed by atoms with van der Waals surface area (Å²) in [5, 5.41) is 33.9. The van der Waals surface area contributed by atoms with Crippen molar-refractivity contribution in [3.05, 3.63) is 71.3 Å². The number of imidazole rings is 1. The average Bonchev–Trinajstić information content (AvgIpc) is 3.44. The summed E-state index contributed by atoms with van der Waals surface area (Å²) in [6, 6.07) is 15.7. The first-order chi connectivity index (χ1) is 15.5. The summed E-state index contributed by atoms with van der Waals surface area (Å²) >= 11 is 0. The Kier molecular flexibility index (Phi) is 6.09. The van der Waals surface area contributed by atoms with Crippen LogP contribution in [0, 0.1) is 0 Å². The monoisotopic (exact) mass is 432 g/mol. The maximum absolute atomic E-state index is 12.0. The van der Waals surface area contributed by atoms with Crippen molar-refractivity contribution in [2.75, 3.05) is 0 Å². The van der Waals surface area contributed by atoms with Gasteiger partial charge >= 0.3 is 5.97 Å². The van der Waals surface area contributed by atoms with Crippen molar-refractivity contribution >= 4 is 5.97 Å². The van der Waals surface area contributed by atoms with Crippen molar-refractivity contribution in [1.82, 2.24) is 30.2 Å². The number of tetrazole rings is 1. The summed E-state index contributed by atoms with van der Waals surface area (Å²) in [5.41, 5.74) is 4.03. The molecule has 0 aliphatic heterocycles. The highest BCUT2D eigenvalue weighted by atomic mass is 16.4. The smallest absolute Gasteiger partial charge is 0.354 e. The number of aliphatic hydroxyl groups is 1. The van der Waals surface area contributed by atoms with E-state index in [2.05, 4.69) is 25.6 Å². The third-order valence-electron chi connectivity index (χ3n) is 5.28. The number of aliphatic hydroxyl groups excluding tert-OH is 1. The number of benzene rings is 2. The SMILES string of the molecule is CCCc1nc(C(C)O)c(C(=O)O)n1Cc1ccc(-c2ccccc2-c2nnn[nH]2)cc1. The number of carboxylic acid groups (broad SMARTS) is 1. The highest BCUT2D eigenvalue weighted by molar-refractivity contribution is 5.87. The van der Waals surface area contributed by atoms with Crippen molar-refractivity contribution in [2.24, 2.45) is 0 Å². The lowest BCUT2D eigenvalue weighted by Crippen LogP contribution is -2.14. The quantitative estimate of drug-likeness (QED) is 0.388. The molecule has 0 bridgehead atoms. The summed E-state index contributed by atoms with van der Waals surface area (Å²) in [5.74, 6) is 0.152. The molecule has 0 fully saturated rings. The van der Waals surface area contributed by atoms with E-state index in [1.165, 1.54) is 6.92 Å². The summed E-state index contributed by atoms with van der Waals surface area (Å²) < 4.78 is 1.69. The normalized spacial score (nSPS) is 12.1. The minimum absolute atomic E-state index is 0.0377. The van der Waals surface area contributed by atoms with E-state index < -0.39 is 12.1 Å². The Bertz CT molecular complexity index is 1210. The van der Waals surface area contributed by atoms with Gasteiger partial charge in [-0.25, -0.2) is 14.9 Å². The largest absolute Gasteiger partial charge is 0.477 e. The lowest BCUT2D eigenvalue weighted by molar-refractivity contribution is 0.0677. The van der Waals surface area contributed by atoms with Gasteiger partial charge in [-0.05, 0) is 40.5 Å². The first kappa shape index (κ1) is 21.4. The van der Waals surface area contributed by atoms with E-state index in [0.29, 0.717) is 24.6 Å². The molecule has 0 aliphatic carbocycles. The first-order valence-electron chi connectivity index (χ1n) is 10.4. The summed E-state index contributed by atoms with van der Waals surface area (Å²) in [7, 11) is 0. The number of hydrogen-bond acceptors (Lipinski definition) is 6. The molecule has 4 aromatic rings. The fourth-order valence-electron chi connectivity index (χ4n) is 3.81. The van der Waals surface area contributed by atoms with Gasteiger partial charge in [-0.15, -0.1) is 5.10 Å². The van der Waals surface area contributed by atoms with Crippen LogP contribution in [0.1, 0.15) is 53.9 Å². The molecule has 0 radical (unpaired) electrons. The van der Waals surface area contributed by atoms with E-state index in [1.807, 2.05) is 55.5 Å². The number of carbonyl (C=O) groups is 1. The Morgan fingerprint density at radius 2 is 1.84 bits per heavy atom. The second-order valence-corrected chi connectivity index (χ2v) is 7.57. The zero-order chi connectivity index (χ0) is 22.7. The van der Waals surface area contributed by atoms with Crippen molar-refractivity contribution in [3.8, 4) is 22.5 Å². The Labute approximate surface area is 184 Å². The van der Waals surface area contributed by atoms with Crippen molar-refractivity contribution in [1.29, 1.82) is 0 Å². The Morgan fingerprint density at radius 1 is 1.12 bits per heavy atom. The zero-order valence-electron chi connectivity index (χ0n) is 17.9. The van der Waals surface area contributed by atoms with E-state index in [4.69, 9.17) is 0 Å². The van der Waals surface area contributed by atoms with Crippen LogP contribution < -0.4 is 0 Å². The molecule has 0 spiro atoms. The molecule has 1 unspecified atom stereocenters. The fraction of sp³-hybridized carbons (Fsp3) is 0.261.